The van der Waals surface area contributed by atoms with Crippen molar-refractivity contribution < 1.29 is 0 Å². The largest absolute Gasteiger partial charge is 0.307 e. The van der Waals surface area contributed by atoms with Crippen LogP contribution in [0.25, 0.3) is 134 Å². The van der Waals surface area contributed by atoms with E-state index in [1.165, 1.54) is 10.8 Å². The Balaban J connectivity index is 1.05. The smallest absolute Gasteiger partial charge is 0.160 e. The highest BCUT2D eigenvalue weighted by Gasteiger charge is 2.24. The number of hydrogen-bond donors (Lipinski definition) is 0. The number of hydrogen-bond acceptors (Lipinski definition) is 4. The number of para-hydroxylation sites is 1. The van der Waals surface area contributed by atoms with Gasteiger partial charge in [-0.25, -0.2) is 19.9 Å². The molecule has 14 rings (SSSR count). The Hall–Kier alpha value is -9.78. The fraction of sp³-hybridized carbons (Fsp3) is 0. The van der Waals surface area contributed by atoms with Gasteiger partial charge < -0.3 is 9.13 Å². The summed E-state index contributed by atoms with van der Waals surface area (Å²) in [5.74, 6) is 1.34. The SMILES string of the molecule is c1ccc(-c2cc(-c3ccccc3)nc(-c3ccc4c(c3)c3ccc5c6cc(-c7nc(-c8ccccc8)cc(-c8ccccc8)n7)ccc6n(-c6ccc7ccccc7c6)c5c3n4-c3ccccc3)n2)cc1. The molecule has 336 valence electrons. The standard InChI is InChI=1S/C66H42N6/c1-6-19-44(20-7-1)57-41-58(45-21-8-2-9-22-45)68-65(67-57)49-31-36-61-55(39-49)53-34-35-54-56-40-50(66-69-59(46-23-10-3-11-24-46)42-60(70-66)47-25-12-4-13-26-47)32-37-62(56)72(52-33-30-43-18-16-17-27-48(43)38-52)64(54)63(53)71(61)51-28-14-5-15-29-51/h1-42H. The lowest BCUT2D eigenvalue weighted by molar-refractivity contribution is 1.15. The first-order valence-corrected chi connectivity index (χ1v) is 24.3. The fourth-order valence-corrected chi connectivity index (χ4v) is 10.5. The minimum atomic E-state index is 0.671. The van der Waals surface area contributed by atoms with Gasteiger partial charge in [0.05, 0.1) is 44.8 Å². The van der Waals surface area contributed by atoms with Crippen LogP contribution in [0.5, 0.6) is 0 Å². The molecule has 0 saturated carbocycles. The van der Waals surface area contributed by atoms with Gasteiger partial charge in [-0.1, -0.05) is 182 Å². The van der Waals surface area contributed by atoms with Gasteiger partial charge in [0.15, 0.2) is 11.6 Å². The van der Waals surface area contributed by atoms with E-state index in [2.05, 4.69) is 240 Å². The molecule has 0 N–H and O–H groups in total. The Morgan fingerprint density at radius 1 is 0.236 bits per heavy atom. The quantitative estimate of drug-likeness (QED) is 0.152. The highest BCUT2D eigenvalue weighted by molar-refractivity contribution is 6.24. The van der Waals surface area contributed by atoms with Gasteiger partial charge >= 0.3 is 0 Å². The Bertz CT molecular complexity index is 4240. The first-order valence-electron chi connectivity index (χ1n) is 24.3. The second-order valence-corrected chi connectivity index (χ2v) is 18.2. The summed E-state index contributed by atoms with van der Waals surface area (Å²) in [6, 6.07) is 89.8. The van der Waals surface area contributed by atoms with Crippen LogP contribution in [-0.2, 0) is 0 Å². The van der Waals surface area contributed by atoms with Crippen LogP contribution in [-0.4, -0.2) is 29.1 Å². The van der Waals surface area contributed by atoms with Crippen molar-refractivity contribution in [3.05, 3.63) is 255 Å². The monoisotopic (exact) mass is 918 g/mol. The van der Waals surface area contributed by atoms with Crippen molar-refractivity contribution in [1.29, 1.82) is 0 Å². The molecule has 72 heavy (non-hydrogen) atoms. The second-order valence-electron chi connectivity index (χ2n) is 18.2. The van der Waals surface area contributed by atoms with E-state index in [0.29, 0.717) is 11.6 Å². The molecule has 6 heteroatoms. The summed E-state index contributed by atoms with van der Waals surface area (Å²) < 4.78 is 4.89. The first kappa shape index (κ1) is 41.2. The van der Waals surface area contributed by atoms with Crippen molar-refractivity contribution in [1.82, 2.24) is 29.1 Å². The maximum atomic E-state index is 5.26. The highest BCUT2D eigenvalue weighted by Crippen LogP contribution is 2.44. The third kappa shape index (κ3) is 7.04. The van der Waals surface area contributed by atoms with Gasteiger partial charge in [-0.3, -0.25) is 0 Å². The van der Waals surface area contributed by atoms with E-state index in [9.17, 15) is 0 Å². The van der Waals surface area contributed by atoms with Crippen molar-refractivity contribution in [2.45, 2.75) is 0 Å². The molecule has 0 saturated heterocycles. The van der Waals surface area contributed by atoms with Crippen LogP contribution < -0.4 is 0 Å². The molecule has 0 radical (unpaired) electrons. The van der Waals surface area contributed by atoms with Crippen molar-refractivity contribution in [3.63, 3.8) is 0 Å². The summed E-state index contributed by atoms with van der Waals surface area (Å²) in [6.07, 6.45) is 0. The summed E-state index contributed by atoms with van der Waals surface area (Å²) >= 11 is 0. The predicted molar refractivity (Wildman–Crippen MR) is 296 cm³/mol. The number of benzene rings is 10. The Labute approximate surface area is 415 Å². The number of rotatable bonds is 8. The van der Waals surface area contributed by atoms with Crippen LogP contribution in [0.1, 0.15) is 0 Å². The molecular formula is C66H42N6. The highest BCUT2D eigenvalue weighted by atomic mass is 15.0. The Morgan fingerprint density at radius 2 is 0.611 bits per heavy atom. The molecule has 10 aromatic carbocycles. The molecule has 6 nitrogen and oxygen atoms in total. The van der Waals surface area contributed by atoms with Crippen LogP contribution in [0.4, 0.5) is 0 Å². The van der Waals surface area contributed by atoms with Crippen LogP contribution >= 0.6 is 0 Å². The Morgan fingerprint density at radius 3 is 1.04 bits per heavy atom. The van der Waals surface area contributed by atoms with Gasteiger partial charge in [0, 0.05) is 66.3 Å². The van der Waals surface area contributed by atoms with Gasteiger partial charge in [0.25, 0.3) is 0 Å². The molecule has 4 heterocycles. The fourth-order valence-electron chi connectivity index (χ4n) is 10.5. The van der Waals surface area contributed by atoms with E-state index in [1.807, 2.05) is 24.3 Å². The average Bonchev–Trinajstić information content (AvgIpc) is 3.98. The normalized spacial score (nSPS) is 11.6. The average molecular weight is 919 g/mol. The molecule has 4 aromatic heterocycles. The van der Waals surface area contributed by atoms with E-state index in [4.69, 9.17) is 19.9 Å². The summed E-state index contributed by atoms with van der Waals surface area (Å²) in [5.41, 5.74) is 16.1. The minimum absolute atomic E-state index is 0.671. The first-order chi connectivity index (χ1) is 35.7. The molecule has 0 aliphatic rings. The van der Waals surface area contributed by atoms with Crippen molar-refractivity contribution in [2.24, 2.45) is 0 Å². The molecular weight excluding hydrogens is 877 g/mol. The number of nitrogens with zero attached hydrogens (tertiary/aromatic N) is 6. The number of aromatic nitrogens is 6. The summed E-state index contributed by atoms with van der Waals surface area (Å²) in [5, 5.41) is 6.84. The molecule has 0 amide bonds. The molecule has 14 aromatic rings. The lowest BCUT2D eigenvalue weighted by atomic mass is 10.0. The summed E-state index contributed by atoms with van der Waals surface area (Å²) in [4.78, 5) is 21.0. The molecule has 0 aliphatic heterocycles. The zero-order valence-corrected chi connectivity index (χ0v) is 38.9. The summed E-state index contributed by atoms with van der Waals surface area (Å²) in [6.45, 7) is 0. The molecule has 0 aliphatic carbocycles. The van der Waals surface area contributed by atoms with Gasteiger partial charge in [-0.2, -0.15) is 0 Å². The maximum absolute atomic E-state index is 5.26. The van der Waals surface area contributed by atoms with Crippen LogP contribution in [0, 0.1) is 0 Å². The van der Waals surface area contributed by atoms with Gasteiger partial charge in [0.2, 0.25) is 0 Å². The van der Waals surface area contributed by atoms with E-state index in [-0.39, 0.29) is 0 Å². The zero-order valence-electron chi connectivity index (χ0n) is 38.9. The molecule has 0 spiro atoms. The molecule has 0 atom stereocenters. The predicted octanol–water partition coefficient (Wildman–Crippen LogP) is 16.6. The molecule has 0 fully saturated rings. The van der Waals surface area contributed by atoms with E-state index in [1.54, 1.807) is 0 Å². The van der Waals surface area contributed by atoms with E-state index < -0.39 is 0 Å². The Kier molecular flexibility index (Phi) is 9.74. The zero-order chi connectivity index (χ0) is 47.5. The van der Waals surface area contributed by atoms with Crippen molar-refractivity contribution in [3.8, 4) is 79.2 Å². The number of fused-ring (bicyclic) bond motifs is 8. The van der Waals surface area contributed by atoms with Gasteiger partial charge in [-0.05, 0) is 83.6 Å². The van der Waals surface area contributed by atoms with Gasteiger partial charge in [0.1, 0.15) is 0 Å². The lowest BCUT2D eigenvalue weighted by Gasteiger charge is -2.13. The van der Waals surface area contributed by atoms with E-state index in [0.717, 1.165) is 111 Å². The van der Waals surface area contributed by atoms with Crippen molar-refractivity contribution >= 4 is 54.4 Å². The van der Waals surface area contributed by atoms with Crippen LogP contribution in [0.15, 0.2) is 255 Å². The molecule has 0 unspecified atom stereocenters. The molecule has 0 bridgehead atoms. The topological polar surface area (TPSA) is 61.4 Å². The van der Waals surface area contributed by atoms with E-state index >= 15 is 0 Å². The van der Waals surface area contributed by atoms with Crippen LogP contribution in [0.2, 0.25) is 0 Å². The van der Waals surface area contributed by atoms with Gasteiger partial charge in [-0.15, -0.1) is 0 Å². The lowest BCUT2D eigenvalue weighted by Crippen LogP contribution is -1.99. The van der Waals surface area contributed by atoms with Crippen molar-refractivity contribution in [2.75, 3.05) is 0 Å². The third-order valence-corrected chi connectivity index (χ3v) is 13.9. The minimum Gasteiger partial charge on any atom is -0.307 e. The maximum Gasteiger partial charge on any atom is 0.160 e. The van der Waals surface area contributed by atoms with Crippen LogP contribution in [0.3, 0.4) is 0 Å². The second kappa shape index (κ2) is 17.0. The summed E-state index contributed by atoms with van der Waals surface area (Å²) in [7, 11) is 0. The third-order valence-electron chi connectivity index (χ3n) is 13.9.